The van der Waals surface area contributed by atoms with Crippen LogP contribution in [0, 0.1) is 0 Å². The third-order valence-corrected chi connectivity index (χ3v) is 6.95. The second kappa shape index (κ2) is 8.22. The summed E-state index contributed by atoms with van der Waals surface area (Å²) in [5.74, 6) is 0.642. The lowest BCUT2D eigenvalue weighted by atomic mass is 10.0. The highest BCUT2D eigenvalue weighted by molar-refractivity contribution is 6.15. The van der Waals surface area contributed by atoms with Crippen LogP contribution < -0.4 is 20.5 Å². The van der Waals surface area contributed by atoms with Gasteiger partial charge in [0, 0.05) is 10.9 Å². The zero-order valence-electron chi connectivity index (χ0n) is 20.3. The Kier molecular flexibility index (Phi) is 5.10. The Bertz CT molecular complexity index is 1750. The first-order valence-corrected chi connectivity index (χ1v) is 12.2. The maximum absolute atomic E-state index is 13.4. The molecule has 0 spiro atoms. The molecule has 36 heavy (non-hydrogen) atoms. The minimum absolute atomic E-state index is 0.0441. The maximum Gasteiger partial charge on any atom is 0.274 e. The van der Waals surface area contributed by atoms with Crippen molar-refractivity contribution in [3.63, 3.8) is 0 Å². The lowest BCUT2D eigenvalue weighted by Crippen LogP contribution is -2.10. The van der Waals surface area contributed by atoms with E-state index < -0.39 is 11.2 Å². The quantitative estimate of drug-likeness (QED) is 0.312. The molecule has 0 atom stereocenters. The normalized spacial score (nSPS) is 14.6. The summed E-state index contributed by atoms with van der Waals surface area (Å²) >= 11 is 0. The molecule has 0 saturated heterocycles. The minimum Gasteiger partial charge on any atom is -0.502 e. The van der Waals surface area contributed by atoms with E-state index >= 15 is 0 Å². The van der Waals surface area contributed by atoms with Crippen molar-refractivity contribution in [1.82, 2.24) is 14.8 Å². The number of ether oxygens (including phenoxy) is 2. The molecule has 1 aliphatic carbocycles. The van der Waals surface area contributed by atoms with E-state index in [0.29, 0.717) is 50.1 Å². The van der Waals surface area contributed by atoms with E-state index in [-0.39, 0.29) is 23.3 Å². The van der Waals surface area contributed by atoms with Gasteiger partial charge in [0.25, 0.3) is 5.56 Å². The number of aromatic amines is 2. The molecule has 0 amide bonds. The lowest BCUT2D eigenvalue weighted by Gasteiger charge is -2.15. The van der Waals surface area contributed by atoms with Crippen molar-refractivity contribution in [3.05, 3.63) is 50.9 Å². The smallest absolute Gasteiger partial charge is 0.274 e. The third kappa shape index (κ3) is 3.30. The number of furan rings is 1. The van der Waals surface area contributed by atoms with Crippen LogP contribution in [0.5, 0.6) is 17.2 Å². The Morgan fingerprint density at radius 3 is 2.58 bits per heavy atom. The number of nitrogens with one attached hydrogen (secondary N) is 2. The Labute approximate surface area is 205 Å². The second-order valence-electron chi connectivity index (χ2n) is 9.60. The molecule has 0 unspecified atom stereocenters. The van der Waals surface area contributed by atoms with Crippen molar-refractivity contribution in [2.24, 2.45) is 0 Å². The van der Waals surface area contributed by atoms with Crippen molar-refractivity contribution in [3.8, 4) is 28.4 Å². The van der Waals surface area contributed by atoms with Gasteiger partial charge in [-0.2, -0.15) is 0 Å². The van der Waals surface area contributed by atoms with E-state index in [9.17, 15) is 14.7 Å². The van der Waals surface area contributed by atoms with Crippen LogP contribution in [0.15, 0.2) is 44.3 Å². The average molecular weight is 490 g/mol. The Balaban J connectivity index is 1.73. The molecule has 3 heterocycles. The second-order valence-corrected chi connectivity index (χ2v) is 9.60. The molecule has 9 heteroatoms. The molecule has 0 bridgehead atoms. The van der Waals surface area contributed by atoms with Crippen LogP contribution in [0.2, 0.25) is 0 Å². The number of benzene rings is 2. The highest BCUT2D eigenvalue weighted by Gasteiger charge is 2.27. The number of rotatable bonds is 5. The van der Waals surface area contributed by atoms with Crippen molar-refractivity contribution in [1.29, 1.82) is 0 Å². The zero-order valence-corrected chi connectivity index (χ0v) is 20.3. The number of hydrogen-bond donors (Lipinski definition) is 3. The van der Waals surface area contributed by atoms with Gasteiger partial charge in [0.05, 0.1) is 30.2 Å². The van der Waals surface area contributed by atoms with Crippen molar-refractivity contribution >= 4 is 33.1 Å². The summed E-state index contributed by atoms with van der Waals surface area (Å²) < 4.78 is 19.5. The van der Waals surface area contributed by atoms with Crippen molar-refractivity contribution in [2.75, 3.05) is 7.11 Å². The number of fused-ring (bicyclic) bond motifs is 4. The van der Waals surface area contributed by atoms with Gasteiger partial charge < -0.3 is 24.0 Å². The van der Waals surface area contributed by atoms with Crippen molar-refractivity contribution in [2.45, 2.75) is 51.7 Å². The molecular formula is C27H27N3O6. The standard InChI is InChI=1S/C27H27N3O6/c1-13(2)35-18-11-8-14(12-19(18)34-3)20-21-26(30(29-27(21)33)15-6-4-5-7-15)28-22-16-9-10-17(31)23(32)24(16)36-25(20)22/h8-13,15,28,32H,4-7H2,1-3H3,(H,29,33). The fourth-order valence-electron chi connectivity index (χ4n) is 5.35. The molecule has 1 aliphatic rings. The van der Waals surface area contributed by atoms with Gasteiger partial charge in [-0.1, -0.05) is 18.9 Å². The predicted molar refractivity (Wildman–Crippen MR) is 137 cm³/mol. The van der Waals surface area contributed by atoms with Gasteiger partial charge in [0.2, 0.25) is 11.2 Å². The largest absolute Gasteiger partial charge is 0.502 e. The molecule has 9 nitrogen and oxygen atoms in total. The number of hydrogen-bond acceptors (Lipinski definition) is 6. The zero-order chi connectivity index (χ0) is 25.1. The number of aromatic hydroxyl groups is 1. The van der Waals surface area contributed by atoms with E-state index in [4.69, 9.17) is 13.9 Å². The van der Waals surface area contributed by atoms with Gasteiger partial charge in [-0.25, -0.2) is 0 Å². The molecule has 0 radical (unpaired) electrons. The van der Waals surface area contributed by atoms with E-state index in [1.807, 2.05) is 30.7 Å². The fraction of sp³-hybridized carbons (Fsp3) is 0.333. The number of pyridine rings is 1. The van der Waals surface area contributed by atoms with Gasteiger partial charge in [0.1, 0.15) is 5.65 Å². The number of phenols is 1. The molecule has 0 aliphatic heterocycles. The van der Waals surface area contributed by atoms with E-state index in [0.717, 1.165) is 25.7 Å². The Morgan fingerprint density at radius 1 is 1.08 bits per heavy atom. The molecule has 186 valence electrons. The minimum atomic E-state index is -0.530. The Morgan fingerprint density at radius 2 is 1.86 bits per heavy atom. The summed E-state index contributed by atoms with van der Waals surface area (Å²) in [5, 5.41) is 14.5. The van der Waals surface area contributed by atoms with Crippen LogP contribution in [0.4, 0.5) is 0 Å². The van der Waals surface area contributed by atoms with E-state index in [2.05, 4.69) is 10.1 Å². The number of H-pyrrole nitrogens is 2. The van der Waals surface area contributed by atoms with Gasteiger partial charge in [-0.05, 0) is 56.5 Å². The number of aromatic nitrogens is 3. The first kappa shape index (κ1) is 22.3. The summed E-state index contributed by atoms with van der Waals surface area (Å²) in [6, 6.07) is 8.58. The summed E-state index contributed by atoms with van der Waals surface area (Å²) in [6.45, 7) is 3.87. The fourth-order valence-corrected chi connectivity index (χ4v) is 5.35. The lowest BCUT2D eigenvalue weighted by molar-refractivity contribution is 0.230. The summed E-state index contributed by atoms with van der Waals surface area (Å²) in [4.78, 5) is 28.9. The van der Waals surface area contributed by atoms with Crippen LogP contribution in [0.25, 0.3) is 44.2 Å². The first-order chi connectivity index (χ1) is 17.4. The van der Waals surface area contributed by atoms with Crippen LogP contribution in [0.1, 0.15) is 45.6 Å². The molecular weight excluding hydrogens is 462 g/mol. The van der Waals surface area contributed by atoms with Gasteiger partial charge in [-0.3, -0.25) is 19.4 Å². The molecule has 1 fully saturated rings. The van der Waals surface area contributed by atoms with Crippen molar-refractivity contribution < 1.29 is 19.0 Å². The number of methoxy groups -OCH3 is 1. The average Bonchev–Trinajstić information content (AvgIpc) is 3.58. The van der Waals surface area contributed by atoms with E-state index in [1.54, 1.807) is 19.2 Å². The summed E-state index contributed by atoms with van der Waals surface area (Å²) in [7, 11) is 1.56. The van der Waals surface area contributed by atoms with Crippen LogP contribution in [-0.2, 0) is 0 Å². The third-order valence-electron chi connectivity index (χ3n) is 6.95. The van der Waals surface area contributed by atoms with Crippen LogP contribution in [-0.4, -0.2) is 33.1 Å². The monoisotopic (exact) mass is 489 g/mol. The number of phenolic OH excluding ortho intramolecular Hbond substituents is 1. The van der Waals surface area contributed by atoms with Crippen LogP contribution >= 0.6 is 0 Å². The molecule has 1 saturated carbocycles. The van der Waals surface area contributed by atoms with Gasteiger partial charge in [-0.15, -0.1) is 0 Å². The molecule has 2 aromatic carbocycles. The SMILES string of the molecule is COc1cc(-c2c3oc4c(O)c(=O)ccc4c3[nH]c3c2c(=O)[nH]n3C2CCCC2)ccc1OC(C)C. The first-order valence-electron chi connectivity index (χ1n) is 12.2. The molecule has 3 N–H and O–H groups in total. The van der Waals surface area contributed by atoms with E-state index in [1.165, 1.54) is 6.07 Å². The summed E-state index contributed by atoms with van der Waals surface area (Å²) in [5.41, 5.74) is 2.14. The molecule has 6 rings (SSSR count). The summed E-state index contributed by atoms with van der Waals surface area (Å²) in [6.07, 6.45) is 4.11. The topological polar surface area (TPSA) is 122 Å². The highest BCUT2D eigenvalue weighted by atomic mass is 16.5. The molecule has 5 aromatic rings. The van der Waals surface area contributed by atoms with Crippen LogP contribution in [0.3, 0.4) is 0 Å². The Hall–Kier alpha value is -4.14. The van der Waals surface area contributed by atoms with Gasteiger partial charge in [0.15, 0.2) is 22.7 Å². The van der Waals surface area contributed by atoms with Gasteiger partial charge >= 0.3 is 0 Å². The maximum atomic E-state index is 13.4. The predicted octanol–water partition coefficient (Wildman–Crippen LogP) is 5.20. The number of nitrogens with zero attached hydrogens (tertiary/aromatic N) is 1. The highest BCUT2D eigenvalue weighted by Crippen LogP contribution is 2.43. The molecule has 3 aromatic heterocycles.